The Morgan fingerprint density at radius 2 is 1.07 bits per heavy atom. The van der Waals surface area contributed by atoms with Crippen molar-refractivity contribution in [3.05, 3.63) is 226 Å². The number of aliphatic hydroxyl groups excluding tert-OH is 1. The lowest BCUT2D eigenvalue weighted by Crippen LogP contribution is -2.58. The van der Waals surface area contributed by atoms with E-state index in [4.69, 9.17) is 24.7 Å². The van der Waals surface area contributed by atoms with Gasteiger partial charge in [-0.3, -0.25) is 4.57 Å². The predicted molar refractivity (Wildman–Crippen MR) is 225 cm³/mol. The van der Waals surface area contributed by atoms with E-state index in [1.165, 1.54) is 12.3 Å². The van der Waals surface area contributed by atoms with E-state index in [1.54, 1.807) is 14.2 Å². The Morgan fingerprint density at radius 3 is 1.50 bits per heavy atom. The van der Waals surface area contributed by atoms with Crippen LogP contribution >= 0.6 is 0 Å². The number of hydrogen-bond acceptors (Lipinski definition) is 9. The van der Waals surface area contributed by atoms with Crippen molar-refractivity contribution < 1.29 is 33.6 Å². The molecule has 304 valence electrons. The molecule has 1 aromatic heterocycles. The van der Waals surface area contributed by atoms with E-state index in [0.29, 0.717) is 44.9 Å². The second-order valence-electron chi connectivity index (χ2n) is 14.6. The summed E-state index contributed by atoms with van der Waals surface area (Å²) in [6, 6.07) is 54.4. The molecule has 11 heteroatoms. The highest BCUT2D eigenvalue weighted by molar-refractivity contribution is 5.55. The molecule has 0 saturated carbocycles. The van der Waals surface area contributed by atoms with Crippen molar-refractivity contribution in [1.29, 1.82) is 0 Å². The number of nitrogens with two attached hydrogens (primary N) is 1. The molecule has 6 aromatic carbocycles. The van der Waals surface area contributed by atoms with E-state index < -0.39 is 47.1 Å². The van der Waals surface area contributed by atoms with Crippen molar-refractivity contribution in [3.8, 4) is 11.5 Å². The minimum atomic E-state index is -3.55. The van der Waals surface area contributed by atoms with Gasteiger partial charge in [0.15, 0.2) is 6.23 Å². The molecule has 10 nitrogen and oxygen atoms in total. The molecule has 1 aliphatic heterocycles. The second-order valence-corrected chi connectivity index (χ2v) is 14.6. The van der Waals surface area contributed by atoms with Gasteiger partial charge in [-0.05, 0) is 63.7 Å². The zero-order valence-corrected chi connectivity index (χ0v) is 32.9. The van der Waals surface area contributed by atoms with Crippen LogP contribution in [-0.2, 0) is 20.5 Å². The Hall–Kier alpha value is -6.63. The number of alkyl halides is 1. The largest absolute Gasteiger partial charge is 0.497 e. The normalized spacial score (nSPS) is 19.7. The number of aliphatic hydroxyl groups is 2. The number of nitrogen functional groups attached to an aromatic ring is 1. The molecule has 7 aromatic rings. The summed E-state index contributed by atoms with van der Waals surface area (Å²) in [4.78, 5) is 17.1. The van der Waals surface area contributed by atoms with Crippen LogP contribution in [0.2, 0.25) is 0 Å². The summed E-state index contributed by atoms with van der Waals surface area (Å²) in [6.07, 6.45) is -6.36. The molecule has 0 spiro atoms. The van der Waals surface area contributed by atoms with Crippen LogP contribution in [0.1, 0.15) is 39.6 Å². The zero-order chi connectivity index (χ0) is 41.9. The summed E-state index contributed by atoms with van der Waals surface area (Å²) in [5.41, 5.74) is 5.88. The Kier molecular flexibility index (Phi) is 11.1. The molecular formula is C49H44FN3O7. The third-order valence-electron chi connectivity index (χ3n) is 11.4. The average molecular weight is 806 g/mol. The summed E-state index contributed by atoms with van der Waals surface area (Å²) in [5.74, 6) is -2.47. The molecule has 0 amide bonds. The molecular weight excluding hydrogens is 762 g/mol. The van der Waals surface area contributed by atoms with Crippen LogP contribution in [-0.4, -0.2) is 58.2 Å². The SMILES string of the molecule is COc1ccc(C(OC([C@H]2O[C@@H](n3ccc(N)nc3=O)[C@@](O)(F)[C@@H]2O)C(c2ccccc2)(c2ccccc2)c2ccc(OC)cc2)(c2ccccc2)c2ccccc2)cc1. The van der Waals surface area contributed by atoms with Gasteiger partial charge in [-0.15, -0.1) is 0 Å². The summed E-state index contributed by atoms with van der Waals surface area (Å²) >= 11 is 0. The smallest absolute Gasteiger partial charge is 0.351 e. The van der Waals surface area contributed by atoms with Gasteiger partial charge >= 0.3 is 5.69 Å². The van der Waals surface area contributed by atoms with Gasteiger partial charge in [0.2, 0.25) is 0 Å². The van der Waals surface area contributed by atoms with Crippen molar-refractivity contribution in [3.63, 3.8) is 0 Å². The Morgan fingerprint density at radius 1 is 0.667 bits per heavy atom. The predicted octanol–water partition coefficient (Wildman–Crippen LogP) is 7.17. The maximum atomic E-state index is 17.3. The van der Waals surface area contributed by atoms with E-state index in [2.05, 4.69) is 4.98 Å². The van der Waals surface area contributed by atoms with E-state index in [0.717, 1.165) is 4.57 Å². The second kappa shape index (κ2) is 16.6. The van der Waals surface area contributed by atoms with Crippen LogP contribution in [0, 0.1) is 0 Å². The van der Waals surface area contributed by atoms with Gasteiger partial charge in [-0.1, -0.05) is 146 Å². The summed E-state index contributed by atoms with van der Waals surface area (Å²) in [7, 11) is 3.16. The standard InChI is InChI=1S/C49H44FN3O7/c1-57-39-27-23-35(24-28-39)47(33-15-7-3-8-16-33,34-17-9-4-10-18-34)44(42-43(54)49(50,56)45(59-42)53-32-31-41(51)52-46(53)55)60-48(36-19-11-5-12-20-36,37-21-13-6-14-22-37)38-25-29-40(58-2)30-26-38/h3-32,42-45,54,56H,1-2H3,(H2,51,52,55)/t42-,43+,44?,45+,49+/m0/s1. The monoisotopic (exact) mass is 805 g/mol. The fourth-order valence-corrected chi connectivity index (χ4v) is 8.51. The molecule has 1 saturated heterocycles. The molecule has 1 unspecified atom stereocenters. The first-order valence-electron chi connectivity index (χ1n) is 19.4. The van der Waals surface area contributed by atoms with E-state index >= 15 is 4.39 Å². The van der Waals surface area contributed by atoms with Gasteiger partial charge in [0.05, 0.1) is 19.6 Å². The number of aromatic nitrogens is 2. The number of halogens is 1. The summed E-state index contributed by atoms with van der Waals surface area (Å²) in [5, 5.41) is 24.2. The number of hydrogen-bond donors (Lipinski definition) is 3. The number of anilines is 1. The lowest BCUT2D eigenvalue weighted by atomic mass is 9.63. The van der Waals surface area contributed by atoms with E-state index in [9.17, 15) is 15.0 Å². The summed E-state index contributed by atoms with van der Waals surface area (Å²) < 4.78 is 43.9. The quantitative estimate of drug-likeness (QED) is 0.104. The van der Waals surface area contributed by atoms with Crippen LogP contribution in [0.15, 0.2) is 187 Å². The molecule has 5 atom stereocenters. The van der Waals surface area contributed by atoms with Crippen LogP contribution in [0.3, 0.4) is 0 Å². The Balaban J connectivity index is 1.51. The van der Waals surface area contributed by atoms with Gasteiger partial charge in [-0.25, -0.2) is 9.18 Å². The number of ether oxygens (including phenoxy) is 4. The molecule has 0 radical (unpaired) electrons. The number of methoxy groups -OCH3 is 2. The summed E-state index contributed by atoms with van der Waals surface area (Å²) in [6.45, 7) is 0. The minimum Gasteiger partial charge on any atom is -0.497 e. The number of rotatable bonds is 13. The van der Waals surface area contributed by atoms with Gasteiger partial charge in [0, 0.05) is 6.20 Å². The van der Waals surface area contributed by atoms with Crippen molar-refractivity contribution in [1.82, 2.24) is 9.55 Å². The minimum absolute atomic E-state index is 0.114. The fourth-order valence-electron chi connectivity index (χ4n) is 8.51. The molecule has 2 heterocycles. The average Bonchev–Trinajstić information content (AvgIpc) is 3.53. The highest BCUT2D eigenvalue weighted by Gasteiger charge is 2.65. The third-order valence-corrected chi connectivity index (χ3v) is 11.4. The first-order valence-corrected chi connectivity index (χ1v) is 19.4. The van der Waals surface area contributed by atoms with Crippen molar-refractivity contribution in [2.24, 2.45) is 0 Å². The van der Waals surface area contributed by atoms with Crippen molar-refractivity contribution in [2.75, 3.05) is 20.0 Å². The van der Waals surface area contributed by atoms with Crippen LogP contribution < -0.4 is 20.9 Å². The molecule has 1 fully saturated rings. The van der Waals surface area contributed by atoms with Gasteiger partial charge in [-0.2, -0.15) is 4.98 Å². The first kappa shape index (κ1) is 40.2. The molecule has 1 aliphatic rings. The van der Waals surface area contributed by atoms with Crippen molar-refractivity contribution >= 4 is 5.82 Å². The molecule has 0 bridgehead atoms. The van der Waals surface area contributed by atoms with E-state index in [1.807, 2.05) is 170 Å². The number of benzene rings is 6. The van der Waals surface area contributed by atoms with Crippen LogP contribution in [0.5, 0.6) is 11.5 Å². The van der Waals surface area contributed by atoms with Crippen LogP contribution in [0.4, 0.5) is 10.2 Å². The van der Waals surface area contributed by atoms with Crippen molar-refractivity contribution in [2.45, 2.75) is 41.4 Å². The third kappa shape index (κ3) is 6.91. The number of nitrogens with zero attached hydrogens (tertiary/aromatic N) is 2. The highest BCUT2D eigenvalue weighted by Crippen LogP contribution is 2.54. The molecule has 0 aliphatic carbocycles. The lowest BCUT2D eigenvalue weighted by molar-refractivity contribution is -0.197. The Bertz CT molecular complexity index is 2480. The zero-order valence-electron chi connectivity index (χ0n) is 32.9. The maximum absolute atomic E-state index is 17.3. The van der Waals surface area contributed by atoms with Crippen LogP contribution in [0.25, 0.3) is 0 Å². The molecule has 8 rings (SSSR count). The lowest BCUT2D eigenvalue weighted by Gasteiger charge is -2.49. The van der Waals surface area contributed by atoms with Gasteiger partial charge in [0.1, 0.15) is 41.2 Å². The van der Waals surface area contributed by atoms with Gasteiger partial charge in [0.25, 0.3) is 5.85 Å². The first-order chi connectivity index (χ1) is 29.1. The maximum Gasteiger partial charge on any atom is 0.351 e. The highest BCUT2D eigenvalue weighted by atomic mass is 19.2. The van der Waals surface area contributed by atoms with E-state index in [-0.39, 0.29) is 5.82 Å². The Labute approximate surface area is 346 Å². The molecule has 60 heavy (non-hydrogen) atoms. The fraction of sp³-hybridized carbons (Fsp3) is 0.184. The topological polar surface area (TPSA) is 138 Å². The van der Waals surface area contributed by atoms with Gasteiger partial charge < -0.3 is 34.9 Å². The molecule has 4 N–H and O–H groups in total.